The fourth-order valence-electron chi connectivity index (χ4n) is 1.92. The van der Waals surface area contributed by atoms with Crippen LogP contribution in [-0.2, 0) is 6.54 Å². The van der Waals surface area contributed by atoms with Crippen LogP contribution in [-0.4, -0.2) is 27.1 Å². The van der Waals surface area contributed by atoms with E-state index in [0.29, 0.717) is 16.1 Å². The van der Waals surface area contributed by atoms with E-state index in [2.05, 4.69) is 15.3 Å². The van der Waals surface area contributed by atoms with Gasteiger partial charge in [-0.1, -0.05) is 0 Å². The molecule has 22 heavy (non-hydrogen) atoms. The Labute approximate surface area is 129 Å². The van der Waals surface area contributed by atoms with E-state index in [-0.39, 0.29) is 12.1 Å². The van der Waals surface area contributed by atoms with Gasteiger partial charge in [-0.3, -0.25) is 4.79 Å². The number of hydrogen-bond acceptors (Lipinski definition) is 6. The summed E-state index contributed by atoms with van der Waals surface area (Å²) in [6, 6.07) is 6.32. The molecule has 3 aromatic heterocycles. The Bertz CT molecular complexity index is 887. The molecule has 3 heterocycles. The van der Waals surface area contributed by atoms with Crippen LogP contribution in [0.3, 0.4) is 0 Å². The van der Waals surface area contributed by atoms with E-state index in [0.717, 1.165) is 21.1 Å². The van der Waals surface area contributed by atoms with E-state index in [1.807, 2.05) is 0 Å². The maximum absolute atomic E-state index is 12.2. The number of carbonyl (C=O) groups excluding carboxylic acids is 1. The smallest absolute Gasteiger partial charge is 0.338 e. The molecule has 0 unspecified atom stereocenters. The average molecular weight is 316 g/mol. The molecule has 0 saturated carbocycles. The van der Waals surface area contributed by atoms with E-state index >= 15 is 0 Å². The summed E-state index contributed by atoms with van der Waals surface area (Å²) < 4.78 is 6.09. The molecule has 3 rings (SSSR count). The first-order valence-electron chi connectivity index (χ1n) is 6.43. The summed E-state index contributed by atoms with van der Waals surface area (Å²) in [7, 11) is 1.52. The van der Waals surface area contributed by atoms with E-state index in [4.69, 9.17) is 4.74 Å². The van der Waals surface area contributed by atoms with Crippen LogP contribution in [0, 0.1) is 0 Å². The topological polar surface area (TPSA) is 86.1 Å². The van der Waals surface area contributed by atoms with Crippen molar-refractivity contribution in [3.63, 3.8) is 0 Å². The molecular formula is C14H12N4O3S. The van der Waals surface area contributed by atoms with Crippen LogP contribution in [0.15, 0.2) is 41.5 Å². The average Bonchev–Trinajstić information content (AvgIpc) is 2.90. The molecule has 0 radical (unpaired) electrons. The van der Waals surface area contributed by atoms with Gasteiger partial charge in [0, 0.05) is 25.0 Å². The Kier molecular flexibility index (Phi) is 3.84. The Morgan fingerprint density at radius 1 is 1.36 bits per heavy atom. The summed E-state index contributed by atoms with van der Waals surface area (Å²) in [6.45, 7) is 0.270. The molecule has 1 amide bonds. The molecule has 112 valence electrons. The molecule has 0 saturated heterocycles. The van der Waals surface area contributed by atoms with Crippen molar-refractivity contribution in [3.05, 3.63) is 52.6 Å². The van der Waals surface area contributed by atoms with E-state index in [9.17, 15) is 9.59 Å². The van der Waals surface area contributed by atoms with Crippen molar-refractivity contribution in [3.8, 4) is 5.88 Å². The standard InChI is InChI=1S/C14H12N4O3S/c1-21-11-7-9(4-6-15-11)8-17-14(20)18-13(19)10-3-2-5-16-12(10)22-18/h2-7H,8H2,1H3,(H,17,20). The fourth-order valence-corrected chi connectivity index (χ4v) is 2.78. The monoisotopic (exact) mass is 316 g/mol. The Balaban J connectivity index is 1.78. The third-order valence-corrected chi connectivity index (χ3v) is 4.01. The summed E-state index contributed by atoms with van der Waals surface area (Å²) >= 11 is 1.02. The third-order valence-electron chi connectivity index (χ3n) is 3.00. The minimum atomic E-state index is -0.483. The van der Waals surface area contributed by atoms with Crippen LogP contribution >= 0.6 is 11.5 Å². The zero-order valence-corrected chi connectivity index (χ0v) is 12.5. The third kappa shape index (κ3) is 2.68. The van der Waals surface area contributed by atoms with Gasteiger partial charge >= 0.3 is 6.03 Å². The van der Waals surface area contributed by atoms with Crippen molar-refractivity contribution in [1.82, 2.24) is 19.2 Å². The molecular weight excluding hydrogens is 304 g/mol. The number of nitrogens with zero attached hydrogens (tertiary/aromatic N) is 3. The van der Waals surface area contributed by atoms with Gasteiger partial charge in [-0.25, -0.2) is 14.8 Å². The first-order valence-corrected chi connectivity index (χ1v) is 7.20. The van der Waals surface area contributed by atoms with Crippen LogP contribution in [0.25, 0.3) is 10.2 Å². The number of fused-ring (bicyclic) bond motifs is 1. The molecule has 1 N–H and O–H groups in total. The first kappa shape index (κ1) is 14.2. The van der Waals surface area contributed by atoms with Gasteiger partial charge in [-0.15, -0.1) is 0 Å². The molecule has 0 fully saturated rings. The molecule has 7 nitrogen and oxygen atoms in total. The van der Waals surface area contributed by atoms with Crippen LogP contribution in [0.5, 0.6) is 5.88 Å². The minimum absolute atomic E-state index is 0.270. The summed E-state index contributed by atoms with van der Waals surface area (Å²) in [5.74, 6) is 0.468. The highest BCUT2D eigenvalue weighted by atomic mass is 32.1. The SMILES string of the molecule is COc1cc(CNC(=O)n2sc3ncccc3c2=O)ccn1. The molecule has 3 aromatic rings. The number of ether oxygens (including phenoxy) is 1. The molecule has 0 aromatic carbocycles. The maximum Gasteiger partial charge on any atom is 0.338 e. The molecule has 0 atom stereocenters. The van der Waals surface area contributed by atoms with E-state index in [1.54, 1.807) is 36.7 Å². The largest absolute Gasteiger partial charge is 0.481 e. The number of hydrogen-bond donors (Lipinski definition) is 1. The highest BCUT2D eigenvalue weighted by molar-refractivity contribution is 7.14. The van der Waals surface area contributed by atoms with Gasteiger partial charge in [0.1, 0.15) is 4.83 Å². The number of carbonyl (C=O) groups is 1. The minimum Gasteiger partial charge on any atom is -0.481 e. The van der Waals surface area contributed by atoms with Crippen LogP contribution in [0.1, 0.15) is 5.56 Å². The second-order valence-electron chi connectivity index (χ2n) is 4.41. The second kappa shape index (κ2) is 5.94. The number of rotatable bonds is 3. The number of pyridine rings is 2. The van der Waals surface area contributed by atoms with Crippen LogP contribution < -0.4 is 15.6 Å². The highest BCUT2D eigenvalue weighted by Crippen LogP contribution is 2.13. The predicted octanol–water partition coefficient (Wildman–Crippen LogP) is 1.62. The Hall–Kier alpha value is -2.74. The van der Waals surface area contributed by atoms with Crippen molar-refractivity contribution in [1.29, 1.82) is 0 Å². The number of amides is 1. The number of nitrogens with one attached hydrogen (secondary N) is 1. The number of aromatic nitrogens is 3. The van der Waals surface area contributed by atoms with Gasteiger partial charge in [0.05, 0.1) is 12.5 Å². The summed E-state index contributed by atoms with van der Waals surface area (Å²) in [6.07, 6.45) is 3.18. The second-order valence-corrected chi connectivity index (χ2v) is 5.35. The van der Waals surface area contributed by atoms with Crippen molar-refractivity contribution in [2.45, 2.75) is 6.54 Å². The molecule has 0 bridgehead atoms. The van der Waals surface area contributed by atoms with Gasteiger partial charge < -0.3 is 10.1 Å². The Morgan fingerprint density at radius 3 is 3.00 bits per heavy atom. The van der Waals surface area contributed by atoms with Gasteiger partial charge in [0.25, 0.3) is 5.56 Å². The fraction of sp³-hybridized carbons (Fsp3) is 0.143. The number of methoxy groups -OCH3 is 1. The zero-order valence-electron chi connectivity index (χ0n) is 11.6. The molecule has 0 spiro atoms. The lowest BCUT2D eigenvalue weighted by Gasteiger charge is -2.05. The van der Waals surface area contributed by atoms with Crippen LogP contribution in [0.2, 0.25) is 0 Å². The normalized spacial score (nSPS) is 10.6. The lowest BCUT2D eigenvalue weighted by molar-refractivity contribution is 0.243. The summed E-state index contributed by atoms with van der Waals surface area (Å²) in [5.41, 5.74) is 0.463. The quantitative estimate of drug-likeness (QED) is 0.793. The molecule has 0 aliphatic rings. The molecule has 0 aliphatic carbocycles. The lowest BCUT2D eigenvalue weighted by Crippen LogP contribution is -2.32. The van der Waals surface area contributed by atoms with Gasteiger partial charge in [0.2, 0.25) is 5.88 Å². The van der Waals surface area contributed by atoms with Crippen molar-refractivity contribution in [2.24, 2.45) is 0 Å². The van der Waals surface area contributed by atoms with E-state index in [1.165, 1.54) is 7.11 Å². The maximum atomic E-state index is 12.2. The summed E-state index contributed by atoms with van der Waals surface area (Å²) in [4.78, 5) is 32.9. The molecule has 8 heteroatoms. The van der Waals surface area contributed by atoms with Crippen molar-refractivity contribution >= 4 is 27.8 Å². The zero-order chi connectivity index (χ0) is 15.5. The first-order chi connectivity index (χ1) is 10.7. The lowest BCUT2D eigenvalue weighted by atomic mass is 10.2. The highest BCUT2D eigenvalue weighted by Gasteiger charge is 2.14. The Morgan fingerprint density at radius 2 is 2.23 bits per heavy atom. The van der Waals surface area contributed by atoms with Gasteiger partial charge in [-0.05, 0) is 35.3 Å². The molecule has 0 aliphatic heterocycles. The van der Waals surface area contributed by atoms with Crippen molar-refractivity contribution < 1.29 is 9.53 Å². The predicted molar refractivity (Wildman–Crippen MR) is 82.3 cm³/mol. The van der Waals surface area contributed by atoms with E-state index < -0.39 is 6.03 Å². The van der Waals surface area contributed by atoms with Crippen LogP contribution in [0.4, 0.5) is 4.79 Å². The summed E-state index contributed by atoms with van der Waals surface area (Å²) in [5, 5.41) is 3.13. The van der Waals surface area contributed by atoms with Gasteiger partial charge in [-0.2, -0.15) is 3.96 Å². The van der Waals surface area contributed by atoms with Crippen molar-refractivity contribution in [2.75, 3.05) is 7.11 Å². The van der Waals surface area contributed by atoms with Gasteiger partial charge in [0.15, 0.2) is 0 Å².